The first-order chi connectivity index (χ1) is 11.2. The minimum atomic E-state index is 1.08. The number of likely N-dealkylation sites (N-methyl/N-ethyl adjacent to an activating group) is 1. The molecular weight excluding hydrogens is 284 g/mol. The van der Waals surface area contributed by atoms with Gasteiger partial charge in [0.1, 0.15) is 5.82 Å². The molecule has 2 heterocycles. The quantitative estimate of drug-likeness (QED) is 0.688. The van der Waals surface area contributed by atoms with Crippen molar-refractivity contribution < 1.29 is 0 Å². The monoisotopic (exact) mass is 316 g/mol. The number of nitrogens with zero attached hydrogens (tertiary/aromatic N) is 4. The Balaban J connectivity index is 1.78. The molecule has 2 rings (SSSR count). The summed E-state index contributed by atoms with van der Waals surface area (Å²) in [5.74, 6) is 1.11. The molecule has 1 fully saturated rings. The maximum Gasteiger partial charge on any atom is 0.128 e. The number of allylic oxidation sites excluding steroid dienone is 1. The van der Waals surface area contributed by atoms with Crippen LogP contribution in [0.3, 0.4) is 0 Å². The van der Waals surface area contributed by atoms with Gasteiger partial charge in [0.25, 0.3) is 0 Å². The van der Waals surface area contributed by atoms with Gasteiger partial charge in [-0.2, -0.15) is 0 Å². The van der Waals surface area contributed by atoms with Crippen LogP contribution in [0.4, 0.5) is 5.82 Å². The summed E-state index contributed by atoms with van der Waals surface area (Å²) in [6.45, 7) is 8.94. The number of rotatable bonds is 8. The third-order valence-corrected chi connectivity index (χ3v) is 4.37. The number of anilines is 1. The van der Waals surface area contributed by atoms with Crippen molar-refractivity contribution in [2.75, 3.05) is 58.3 Å². The average molecular weight is 316 g/mol. The second-order valence-electron chi connectivity index (χ2n) is 6.63. The van der Waals surface area contributed by atoms with Crippen molar-refractivity contribution in [1.29, 1.82) is 0 Å². The predicted molar refractivity (Wildman–Crippen MR) is 100 cm³/mol. The maximum atomic E-state index is 4.65. The Kier molecular flexibility index (Phi) is 7.56. The minimum absolute atomic E-state index is 1.08. The highest BCUT2D eigenvalue weighted by Crippen LogP contribution is 2.15. The molecule has 0 N–H and O–H groups in total. The SMILES string of the molecule is CCCCC=Cc1ccc(N2CCN(CCN(C)C)CC2)nc1. The molecule has 1 saturated heterocycles. The molecule has 0 aliphatic carbocycles. The van der Waals surface area contributed by atoms with Gasteiger partial charge in [0, 0.05) is 45.5 Å². The van der Waals surface area contributed by atoms with Crippen LogP contribution in [0.5, 0.6) is 0 Å². The Hall–Kier alpha value is -1.39. The van der Waals surface area contributed by atoms with E-state index in [9.17, 15) is 0 Å². The zero-order chi connectivity index (χ0) is 16.5. The van der Waals surface area contributed by atoms with E-state index in [2.05, 4.69) is 65.0 Å². The van der Waals surface area contributed by atoms with Gasteiger partial charge in [0.05, 0.1) is 0 Å². The number of piperazine rings is 1. The third kappa shape index (κ3) is 6.32. The standard InChI is InChI=1S/C19H32N4/c1-4-5-6-7-8-18-9-10-19(20-17-18)23-15-13-22(14-16-23)12-11-21(2)3/h7-10,17H,4-6,11-16H2,1-3H3. The number of unbranched alkanes of at least 4 members (excludes halogenated alkanes) is 2. The van der Waals surface area contributed by atoms with Gasteiger partial charge >= 0.3 is 0 Å². The van der Waals surface area contributed by atoms with Crippen LogP contribution in [0.2, 0.25) is 0 Å². The van der Waals surface area contributed by atoms with Crippen LogP contribution < -0.4 is 4.90 Å². The van der Waals surface area contributed by atoms with E-state index in [1.54, 1.807) is 0 Å². The van der Waals surface area contributed by atoms with Gasteiger partial charge in [-0.25, -0.2) is 4.98 Å². The van der Waals surface area contributed by atoms with Crippen molar-refractivity contribution in [3.8, 4) is 0 Å². The molecule has 128 valence electrons. The number of hydrogen-bond acceptors (Lipinski definition) is 4. The molecule has 1 aromatic heterocycles. The highest BCUT2D eigenvalue weighted by molar-refractivity contribution is 5.51. The van der Waals surface area contributed by atoms with Crippen LogP contribution in [0.15, 0.2) is 24.4 Å². The molecule has 0 aromatic carbocycles. The maximum absolute atomic E-state index is 4.65. The van der Waals surface area contributed by atoms with E-state index in [-0.39, 0.29) is 0 Å². The zero-order valence-corrected chi connectivity index (χ0v) is 15.0. The number of hydrogen-bond donors (Lipinski definition) is 0. The molecule has 23 heavy (non-hydrogen) atoms. The van der Waals surface area contributed by atoms with E-state index in [1.165, 1.54) is 18.4 Å². The van der Waals surface area contributed by atoms with Crippen LogP contribution >= 0.6 is 0 Å². The Morgan fingerprint density at radius 3 is 2.57 bits per heavy atom. The van der Waals surface area contributed by atoms with Crippen LogP contribution in [0, 0.1) is 0 Å². The summed E-state index contributed by atoms with van der Waals surface area (Å²) in [6, 6.07) is 4.35. The second-order valence-corrected chi connectivity index (χ2v) is 6.63. The van der Waals surface area contributed by atoms with Crippen molar-refractivity contribution in [3.05, 3.63) is 30.0 Å². The normalized spacial score (nSPS) is 16.6. The molecule has 0 amide bonds. The first kappa shape index (κ1) is 18.0. The van der Waals surface area contributed by atoms with E-state index in [1.807, 2.05) is 6.20 Å². The summed E-state index contributed by atoms with van der Waals surface area (Å²) >= 11 is 0. The van der Waals surface area contributed by atoms with Crippen molar-refractivity contribution in [3.63, 3.8) is 0 Å². The first-order valence-corrected chi connectivity index (χ1v) is 8.93. The lowest BCUT2D eigenvalue weighted by molar-refractivity contribution is 0.229. The van der Waals surface area contributed by atoms with Crippen molar-refractivity contribution in [2.24, 2.45) is 0 Å². The van der Waals surface area contributed by atoms with Gasteiger partial charge in [0.2, 0.25) is 0 Å². The van der Waals surface area contributed by atoms with Crippen LogP contribution in [-0.2, 0) is 0 Å². The Bertz CT molecular complexity index is 459. The molecule has 1 aliphatic rings. The average Bonchev–Trinajstić information content (AvgIpc) is 2.58. The molecule has 1 aliphatic heterocycles. The molecule has 0 bridgehead atoms. The summed E-state index contributed by atoms with van der Waals surface area (Å²) in [5.41, 5.74) is 1.20. The number of aromatic nitrogens is 1. The fraction of sp³-hybridized carbons (Fsp3) is 0.632. The molecule has 0 radical (unpaired) electrons. The predicted octanol–water partition coefficient (Wildman–Crippen LogP) is 2.97. The van der Waals surface area contributed by atoms with Gasteiger partial charge in [-0.15, -0.1) is 0 Å². The van der Waals surface area contributed by atoms with Crippen molar-refractivity contribution in [2.45, 2.75) is 26.2 Å². The summed E-state index contributed by atoms with van der Waals surface area (Å²) in [5, 5.41) is 0. The molecule has 0 atom stereocenters. The molecule has 0 unspecified atom stereocenters. The fourth-order valence-corrected chi connectivity index (χ4v) is 2.77. The van der Waals surface area contributed by atoms with Crippen LogP contribution in [-0.4, -0.2) is 68.1 Å². The Morgan fingerprint density at radius 1 is 1.17 bits per heavy atom. The Labute approximate surface area is 141 Å². The van der Waals surface area contributed by atoms with Crippen molar-refractivity contribution >= 4 is 11.9 Å². The smallest absolute Gasteiger partial charge is 0.128 e. The summed E-state index contributed by atoms with van der Waals surface area (Å²) in [4.78, 5) is 11.8. The molecular formula is C19H32N4. The lowest BCUT2D eigenvalue weighted by atomic mass is 10.2. The van der Waals surface area contributed by atoms with E-state index >= 15 is 0 Å². The zero-order valence-electron chi connectivity index (χ0n) is 15.0. The highest BCUT2D eigenvalue weighted by Gasteiger charge is 2.17. The van der Waals surface area contributed by atoms with E-state index in [0.29, 0.717) is 0 Å². The molecule has 0 spiro atoms. The third-order valence-electron chi connectivity index (χ3n) is 4.37. The van der Waals surface area contributed by atoms with Crippen molar-refractivity contribution in [1.82, 2.24) is 14.8 Å². The molecule has 1 aromatic rings. The largest absolute Gasteiger partial charge is 0.354 e. The summed E-state index contributed by atoms with van der Waals surface area (Å²) in [6.07, 6.45) is 10.1. The van der Waals surface area contributed by atoms with E-state index in [4.69, 9.17) is 0 Å². The van der Waals surface area contributed by atoms with Gasteiger partial charge in [-0.3, -0.25) is 4.90 Å². The van der Waals surface area contributed by atoms with Gasteiger partial charge in [-0.05, 0) is 38.2 Å². The van der Waals surface area contributed by atoms with E-state index in [0.717, 1.165) is 51.5 Å². The van der Waals surface area contributed by atoms with Crippen LogP contribution in [0.25, 0.3) is 6.08 Å². The van der Waals surface area contributed by atoms with Gasteiger partial charge < -0.3 is 9.80 Å². The van der Waals surface area contributed by atoms with Gasteiger partial charge in [0.15, 0.2) is 0 Å². The summed E-state index contributed by atoms with van der Waals surface area (Å²) in [7, 11) is 4.27. The second kappa shape index (κ2) is 9.68. The topological polar surface area (TPSA) is 22.6 Å². The Morgan fingerprint density at radius 2 is 1.96 bits per heavy atom. The lowest BCUT2D eigenvalue weighted by Gasteiger charge is -2.35. The first-order valence-electron chi connectivity index (χ1n) is 8.93. The fourth-order valence-electron chi connectivity index (χ4n) is 2.77. The summed E-state index contributed by atoms with van der Waals surface area (Å²) < 4.78 is 0. The van der Waals surface area contributed by atoms with E-state index < -0.39 is 0 Å². The van der Waals surface area contributed by atoms with Gasteiger partial charge in [-0.1, -0.05) is 31.9 Å². The molecule has 4 heteroatoms. The molecule has 0 saturated carbocycles. The highest BCUT2D eigenvalue weighted by atomic mass is 15.3. The minimum Gasteiger partial charge on any atom is -0.354 e. The molecule has 4 nitrogen and oxygen atoms in total. The lowest BCUT2D eigenvalue weighted by Crippen LogP contribution is -2.48. The van der Waals surface area contributed by atoms with Crippen LogP contribution in [0.1, 0.15) is 31.7 Å². The number of pyridine rings is 1.